The predicted octanol–water partition coefficient (Wildman–Crippen LogP) is 5.79. The minimum absolute atomic E-state index is 0.0729. The number of rotatable bonds is 9. The van der Waals surface area contributed by atoms with Crippen molar-refractivity contribution in [1.82, 2.24) is 10.2 Å². The van der Waals surface area contributed by atoms with E-state index < -0.39 is 34.1 Å². The van der Waals surface area contributed by atoms with Gasteiger partial charge in [-0.05, 0) is 102 Å². The summed E-state index contributed by atoms with van der Waals surface area (Å²) < 4.78 is 29.0. The number of aryl methyl sites for hydroxylation is 3. The molecule has 0 aliphatic carbocycles. The van der Waals surface area contributed by atoms with E-state index in [0.717, 1.165) is 26.6 Å². The maximum atomic E-state index is 14.0. The molecule has 7 nitrogen and oxygen atoms in total. The van der Waals surface area contributed by atoms with Crippen LogP contribution in [0.3, 0.4) is 0 Å². The Labute approximate surface area is 243 Å². The van der Waals surface area contributed by atoms with Crippen molar-refractivity contribution in [1.29, 1.82) is 0 Å². The Bertz CT molecular complexity index is 1480. The first-order valence-corrected chi connectivity index (χ1v) is 14.9. The van der Waals surface area contributed by atoms with Gasteiger partial charge in [0, 0.05) is 17.1 Å². The second-order valence-corrected chi connectivity index (χ2v) is 13.5. The third-order valence-corrected chi connectivity index (χ3v) is 8.60. The Kier molecular flexibility index (Phi) is 9.69. The van der Waals surface area contributed by atoms with Gasteiger partial charge < -0.3 is 10.2 Å². The number of amides is 2. The van der Waals surface area contributed by atoms with Gasteiger partial charge in [0.2, 0.25) is 11.8 Å². The van der Waals surface area contributed by atoms with Gasteiger partial charge in [-0.25, -0.2) is 8.42 Å². The summed E-state index contributed by atoms with van der Waals surface area (Å²) in [6, 6.07) is 17.9. The molecule has 3 aromatic carbocycles. The largest absolute Gasteiger partial charge is 0.350 e. The molecule has 0 heterocycles. The number of nitrogens with zero attached hydrogens (tertiary/aromatic N) is 2. The summed E-state index contributed by atoms with van der Waals surface area (Å²) in [6.07, 6.45) is 0. The number of carbonyl (C=O) groups excluding carboxylic acids is 2. The van der Waals surface area contributed by atoms with Gasteiger partial charge in [-0.1, -0.05) is 47.5 Å². The van der Waals surface area contributed by atoms with Crippen LogP contribution < -0.4 is 9.62 Å². The summed E-state index contributed by atoms with van der Waals surface area (Å²) in [6.45, 7) is 12.5. The SMILES string of the molecule is Cc1ccc(S(=O)(=O)N(CC(=O)N(Cc2cccc(Cl)c2)C(C)C(=O)NC(C)(C)C)c2ccc(C)c(C)c2)cc1. The van der Waals surface area contributed by atoms with E-state index in [4.69, 9.17) is 11.6 Å². The van der Waals surface area contributed by atoms with E-state index in [-0.39, 0.29) is 17.3 Å². The molecule has 0 fully saturated rings. The normalized spacial score (nSPS) is 12.5. The molecule has 0 bridgehead atoms. The molecule has 2 amide bonds. The zero-order chi connectivity index (χ0) is 29.8. The fraction of sp³-hybridized carbons (Fsp3) is 0.355. The molecule has 1 unspecified atom stereocenters. The van der Waals surface area contributed by atoms with Crippen LogP contribution in [0.4, 0.5) is 5.69 Å². The molecule has 214 valence electrons. The lowest BCUT2D eigenvalue weighted by atomic mass is 10.1. The lowest BCUT2D eigenvalue weighted by Gasteiger charge is -2.33. The molecular weight excluding hydrogens is 546 g/mol. The maximum absolute atomic E-state index is 14.0. The average molecular weight is 584 g/mol. The molecule has 0 saturated carbocycles. The molecule has 9 heteroatoms. The number of nitrogens with one attached hydrogen (secondary N) is 1. The van der Waals surface area contributed by atoms with Gasteiger partial charge in [-0.15, -0.1) is 0 Å². The summed E-state index contributed by atoms with van der Waals surface area (Å²) in [5.41, 5.74) is 3.37. The zero-order valence-electron chi connectivity index (χ0n) is 24.2. The molecule has 0 aliphatic rings. The minimum Gasteiger partial charge on any atom is -0.350 e. The Morgan fingerprint density at radius 2 is 1.57 bits per heavy atom. The molecule has 1 atom stereocenters. The van der Waals surface area contributed by atoms with Gasteiger partial charge in [0.1, 0.15) is 12.6 Å². The van der Waals surface area contributed by atoms with Crippen LogP contribution >= 0.6 is 11.6 Å². The number of benzene rings is 3. The maximum Gasteiger partial charge on any atom is 0.264 e. The van der Waals surface area contributed by atoms with E-state index in [1.54, 1.807) is 49.4 Å². The molecule has 0 radical (unpaired) electrons. The fourth-order valence-electron chi connectivity index (χ4n) is 4.14. The van der Waals surface area contributed by atoms with Crippen molar-refractivity contribution in [3.05, 3.63) is 94.0 Å². The third kappa shape index (κ3) is 7.86. The highest BCUT2D eigenvalue weighted by Gasteiger charge is 2.33. The van der Waals surface area contributed by atoms with Crippen LogP contribution in [0.2, 0.25) is 5.02 Å². The Hall–Kier alpha value is -3.36. The number of carbonyl (C=O) groups is 2. The van der Waals surface area contributed by atoms with Crippen molar-refractivity contribution in [2.75, 3.05) is 10.8 Å². The first-order valence-electron chi connectivity index (χ1n) is 13.1. The lowest BCUT2D eigenvalue weighted by Crippen LogP contribution is -2.54. The smallest absolute Gasteiger partial charge is 0.264 e. The van der Waals surface area contributed by atoms with Crippen molar-refractivity contribution in [2.24, 2.45) is 0 Å². The summed E-state index contributed by atoms with van der Waals surface area (Å²) in [7, 11) is -4.12. The van der Waals surface area contributed by atoms with E-state index >= 15 is 0 Å². The minimum atomic E-state index is -4.12. The molecule has 3 aromatic rings. The van der Waals surface area contributed by atoms with Crippen molar-refractivity contribution >= 4 is 39.1 Å². The van der Waals surface area contributed by atoms with E-state index in [0.29, 0.717) is 10.7 Å². The highest BCUT2D eigenvalue weighted by atomic mass is 35.5. The van der Waals surface area contributed by atoms with Crippen molar-refractivity contribution < 1.29 is 18.0 Å². The second kappa shape index (κ2) is 12.4. The standard InChI is InChI=1S/C31H38ClN3O4S/c1-21-11-15-28(16-12-21)40(38,39)35(27-14-13-22(2)23(3)17-27)20-29(36)34(19-25-9-8-10-26(32)18-25)24(4)30(37)33-31(5,6)7/h8-18,24H,19-20H2,1-7H3,(H,33,37). The van der Waals surface area contributed by atoms with Crippen LogP contribution in [-0.4, -0.2) is 43.3 Å². The predicted molar refractivity (Wildman–Crippen MR) is 161 cm³/mol. The molecule has 0 aliphatic heterocycles. The van der Waals surface area contributed by atoms with Gasteiger partial charge in [-0.3, -0.25) is 13.9 Å². The Morgan fingerprint density at radius 1 is 0.925 bits per heavy atom. The molecular formula is C31H38ClN3O4S. The first kappa shape index (κ1) is 31.2. The van der Waals surface area contributed by atoms with Gasteiger partial charge >= 0.3 is 0 Å². The molecule has 40 heavy (non-hydrogen) atoms. The van der Waals surface area contributed by atoms with Crippen LogP contribution in [0.25, 0.3) is 0 Å². The summed E-state index contributed by atoms with van der Waals surface area (Å²) in [5, 5.41) is 3.42. The van der Waals surface area contributed by atoms with Crippen molar-refractivity contribution in [3.63, 3.8) is 0 Å². The highest BCUT2D eigenvalue weighted by molar-refractivity contribution is 7.92. The fourth-order valence-corrected chi connectivity index (χ4v) is 5.75. The van der Waals surface area contributed by atoms with Gasteiger partial charge in [0.05, 0.1) is 10.6 Å². The first-order chi connectivity index (χ1) is 18.6. The molecule has 1 N–H and O–H groups in total. The van der Waals surface area contributed by atoms with E-state index in [1.165, 1.54) is 17.0 Å². The average Bonchev–Trinajstić information content (AvgIpc) is 2.86. The van der Waals surface area contributed by atoms with E-state index in [9.17, 15) is 18.0 Å². The van der Waals surface area contributed by atoms with Crippen molar-refractivity contribution in [3.8, 4) is 0 Å². The number of hydrogen-bond acceptors (Lipinski definition) is 4. The van der Waals surface area contributed by atoms with Gasteiger partial charge in [-0.2, -0.15) is 0 Å². The van der Waals surface area contributed by atoms with Crippen LogP contribution in [0, 0.1) is 20.8 Å². The Morgan fingerprint density at radius 3 is 2.15 bits per heavy atom. The summed E-state index contributed by atoms with van der Waals surface area (Å²) in [4.78, 5) is 28.7. The molecule has 3 rings (SSSR count). The van der Waals surface area contributed by atoms with Gasteiger partial charge in [0.25, 0.3) is 10.0 Å². The van der Waals surface area contributed by atoms with Crippen LogP contribution in [0.1, 0.15) is 49.9 Å². The zero-order valence-corrected chi connectivity index (χ0v) is 25.7. The van der Waals surface area contributed by atoms with Gasteiger partial charge in [0.15, 0.2) is 0 Å². The lowest BCUT2D eigenvalue weighted by molar-refractivity contribution is -0.140. The number of sulfonamides is 1. The summed E-state index contributed by atoms with van der Waals surface area (Å²) >= 11 is 6.20. The highest BCUT2D eigenvalue weighted by Crippen LogP contribution is 2.27. The second-order valence-electron chi connectivity index (χ2n) is 11.2. The van der Waals surface area contributed by atoms with Crippen LogP contribution in [-0.2, 0) is 26.2 Å². The number of anilines is 1. The number of halogens is 1. The van der Waals surface area contributed by atoms with Crippen LogP contribution in [0.5, 0.6) is 0 Å². The molecule has 0 spiro atoms. The Balaban J connectivity index is 2.07. The molecule has 0 aromatic heterocycles. The van der Waals surface area contributed by atoms with E-state index in [2.05, 4.69) is 5.32 Å². The quantitative estimate of drug-likeness (QED) is 0.345. The monoisotopic (exact) mass is 583 g/mol. The number of hydrogen-bond donors (Lipinski definition) is 1. The van der Waals surface area contributed by atoms with E-state index in [1.807, 2.05) is 53.7 Å². The van der Waals surface area contributed by atoms with Crippen molar-refractivity contribution in [2.45, 2.75) is 71.5 Å². The third-order valence-electron chi connectivity index (χ3n) is 6.57. The summed E-state index contributed by atoms with van der Waals surface area (Å²) in [5.74, 6) is -0.868. The topological polar surface area (TPSA) is 86.8 Å². The van der Waals surface area contributed by atoms with Crippen LogP contribution in [0.15, 0.2) is 71.6 Å². The molecule has 0 saturated heterocycles.